The van der Waals surface area contributed by atoms with Gasteiger partial charge in [0.25, 0.3) is 0 Å². The molecular formula is C10H8N4OS. The van der Waals surface area contributed by atoms with Crippen LogP contribution in [0.5, 0.6) is 0 Å². The smallest absolute Gasteiger partial charge is 0.109 e. The molecule has 0 fully saturated rings. The number of aliphatic hydroxyl groups is 1. The molecule has 3 aromatic rings. The maximum atomic E-state index is 8.91. The van der Waals surface area contributed by atoms with Gasteiger partial charge >= 0.3 is 0 Å². The molecule has 80 valence electrons. The fourth-order valence-corrected chi connectivity index (χ4v) is 2.19. The SMILES string of the molecule is OCc1cn(-c2ccc3ncsc3c2)nn1. The molecule has 0 bridgehead atoms. The Hall–Kier alpha value is -1.79. The molecule has 2 heterocycles. The summed E-state index contributed by atoms with van der Waals surface area (Å²) in [5.74, 6) is 0. The lowest BCUT2D eigenvalue weighted by Gasteiger charge is -1.98. The summed E-state index contributed by atoms with van der Waals surface area (Å²) in [5, 5.41) is 16.7. The molecule has 5 nitrogen and oxygen atoms in total. The van der Waals surface area contributed by atoms with Crippen LogP contribution in [0, 0.1) is 0 Å². The summed E-state index contributed by atoms with van der Waals surface area (Å²) in [6, 6.07) is 5.88. The predicted octanol–water partition coefficient (Wildman–Crippen LogP) is 1.37. The van der Waals surface area contributed by atoms with Crippen LogP contribution >= 0.6 is 11.3 Å². The van der Waals surface area contributed by atoms with Gasteiger partial charge in [0.2, 0.25) is 0 Å². The van der Waals surface area contributed by atoms with Gasteiger partial charge in [-0.25, -0.2) is 9.67 Å². The minimum atomic E-state index is -0.0944. The van der Waals surface area contributed by atoms with Crippen molar-refractivity contribution in [3.05, 3.63) is 35.6 Å². The quantitative estimate of drug-likeness (QED) is 0.724. The van der Waals surface area contributed by atoms with Crippen LogP contribution in [0.15, 0.2) is 29.9 Å². The Morgan fingerprint density at radius 3 is 3.12 bits per heavy atom. The molecule has 6 heteroatoms. The first-order chi connectivity index (χ1) is 7.86. The highest BCUT2D eigenvalue weighted by atomic mass is 32.1. The van der Waals surface area contributed by atoms with Crippen molar-refractivity contribution in [1.29, 1.82) is 0 Å². The monoisotopic (exact) mass is 232 g/mol. The van der Waals surface area contributed by atoms with E-state index in [1.165, 1.54) is 0 Å². The van der Waals surface area contributed by atoms with Crippen LogP contribution in [0.1, 0.15) is 5.69 Å². The van der Waals surface area contributed by atoms with Crippen LogP contribution in [0.3, 0.4) is 0 Å². The first-order valence-electron chi connectivity index (χ1n) is 4.72. The lowest BCUT2D eigenvalue weighted by Crippen LogP contribution is -1.93. The fourth-order valence-electron chi connectivity index (χ4n) is 1.48. The Morgan fingerprint density at radius 2 is 2.31 bits per heavy atom. The standard InChI is InChI=1S/C10H8N4OS/c15-5-7-4-14(13-12-7)8-1-2-9-10(3-8)16-6-11-9/h1-4,6,15H,5H2. The van der Waals surface area contributed by atoms with Gasteiger partial charge in [0.15, 0.2) is 0 Å². The molecule has 3 rings (SSSR count). The molecule has 0 aliphatic heterocycles. The fraction of sp³-hybridized carbons (Fsp3) is 0.100. The third-order valence-electron chi connectivity index (χ3n) is 2.28. The number of hydrogen-bond acceptors (Lipinski definition) is 5. The van der Waals surface area contributed by atoms with Crippen LogP contribution in [-0.4, -0.2) is 25.1 Å². The number of nitrogens with zero attached hydrogens (tertiary/aromatic N) is 4. The van der Waals surface area contributed by atoms with E-state index in [0.29, 0.717) is 5.69 Å². The van der Waals surface area contributed by atoms with E-state index in [9.17, 15) is 0 Å². The van der Waals surface area contributed by atoms with E-state index in [2.05, 4.69) is 15.3 Å². The second-order valence-corrected chi connectivity index (χ2v) is 4.20. The van der Waals surface area contributed by atoms with Crippen molar-refractivity contribution in [2.24, 2.45) is 0 Å². The summed E-state index contributed by atoms with van der Waals surface area (Å²) in [6.45, 7) is -0.0944. The molecule has 1 N–H and O–H groups in total. The molecule has 0 amide bonds. The summed E-state index contributed by atoms with van der Waals surface area (Å²) in [7, 11) is 0. The summed E-state index contributed by atoms with van der Waals surface area (Å²) < 4.78 is 2.75. The molecule has 0 unspecified atom stereocenters. The molecule has 0 radical (unpaired) electrons. The van der Waals surface area contributed by atoms with Crippen LogP contribution in [0.2, 0.25) is 0 Å². The highest BCUT2D eigenvalue weighted by Gasteiger charge is 2.03. The minimum absolute atomic E-state index is 0.0944. The van der Waals surface area contributed by atoms with Crippen LogP contribution in [0.4, 0.5) is 0 Å². The van der Waals surface area contributed by atoms with E-state index in [1.54, 1.807) is 22.2 Å². The highest BCUT2D eigenvalue weighted by Crippen LogP contribution is 2.20. The highest BCUT2D eigenvalue weighted by molar-refractivity contribution is 7.16. The van der Waals surface area contributed by atoms with Gasteiger partial charge in [-0.05, 0) is 18.2 Å². The molecular weight excluding hydrogens is 224 g/mol. The van der Waals surface area contributed by atoms with Crippen molar-refractivity contribution < 1.29 is 5.11 Å². The second-order valence-electron chi connectivity index (χ2n) is 3.32. The molecule has 0 aliphatic rings. The third-order valence-corrected chi connectivity index (χ3v) is 3.07. The van der Waals surface area contributed by atoms with Gasteiger partial charge in [-0.3, -0.25) is 0 Å². The van der Waals surface area contributed by atoms with Crippen molar-refractivity contribution in [2.75, 3.05) is 0 Å². The number of fused-ring (bicyclic) bond motifs is 1. The summed E-state index contributed by atoms with van der Waals surface area (Å²) in [5.41, 5.74) is 4.28. The average molecular weight is 232 g/mol. The largest absolute Gasteiger partial charge is 0.390 e. The molecule has 0 saturated carbocycles. The van der Waals surface area contributed by atoms with E-state index in [1.807, 2.05) is 23.7 Å². The Balaban J connectivity index is 2.10. The molecule has 0 spiro atoms. The molecule has 1 aromatic carbocycles. The van der Waals surface area contributed by atoms with Gasteiger partial charge in [0.1, 0.15) is 5.69 Å². The number of benzene rings is 1. The van der Waals surface area contributed by atoms with Crippen molar-refractivity contribution in [3.63, 3.8) is 0 Å². The zero-order chi connectivity index (χ0) is 11.0. The Labute approximate surface area is 95.0 Å². The number of rotatable bonds is 2. The van der Waals surface area contributed by atoms with E-state index in [0.717, 1.165) is 15.9 Å². The van der Waals surface area contributed by atoms with Gasteiger partial charge < -0.3 is 5.11 Å². The normalized spacial score (nSPS) is 11.1. The number of aromatic nitrogens is 4. The molecule has 0 atom stereocenters. The van der Waals surface area contributed by atoms with Gasteiger partial charge in [-0.1, -0.05) is 5.21 Å². The lowest BCUT2D eigenvalue weighted by atomic mass is 10.3. The molecule has 16 heavy (non-hydrogen) atoms. The van der Waals surface area contributed by atoms with Crippen molar-refractivity contribution in [1.82, 2.24) is 20.0 Å². The van der Waals surface area contributed by atoms with Crippen LogP contribution in [-0.2, 0) is 6.61 Å². The zero-order valence-electron chi connectivity index (χ0n) is 8.24. The summed E-state index contributed by atoms with van der Waals surface area (Å²) >= 11 is 1.59. The van der Waals surface area contributed by atoms with Crippen LogP contribution < -0.4 is 0 Å². The van der Waals surface area contributed by atoms with Gasteiger partial charge in [0.05, 0.1) is 34.2 Å². The second kappa shape index (κ2) is 3.66. The lowest BCUT2D eigenvalue weighted by molar-refractivity contribution is 0.276. The number of hydrogen-bond donors (Lipinski definition) is 1. The summed E-state index contributed by atoms with van der Waals surface area (Å²) in [4.78, 5) is 4.21. The Bertz CT molecular complexity index is 630. The van der Waals surface area contributed by atoms with E-state index in [-0.39, 0.29) is 6.61 Å². The van der Waals surface area contributed by atoms with Crippen LogP contribution in [0.25, 0.3) is 15.9 Å². The van der Waals surface area contributed by atoms with E-state index >= 15 is 0 Å². The van der Waals surface area contributed by atoms with Crippen molar-refractivity contribution in [3.8, 4) is 5.69 Å². The molecule has 2 aromatic heterocycles. The Morgan fingerprint density at radius 1 is 1.38 bits per heavy atom. The van der Waals surface area contributed by atoms with Crippen molar-refractivity contribution >= 4 is 21.6 Å². The molecule has 0 saturated heterocycles. The topological polar surface area (TPSA) is 63.8 Å². The average Bonchev–Trinajstić information content (AvgIpc) is 2.96. The number of aliphatic hydroxyl groups excluding tert-OH is 1. The van der Waals surface area contributed by atoms with Gasteiger partial charge in [0, 0.05) is 0 Å². The van der Waals surface area contributed by atoms with E-state index < -0.39 is 0 Å². The minimum Gasteiger partial charge on any atom is -0.390 e. The number of thiazole rings is 1. The maximum Gasteiger partial charge on any atom is 0.109 e. The first kappa shape index (κ1) is 9.44. The van der Waals surface area contributed by atoms with Crippen molar-refractivity contribution in [2.45, 2.75) is 6.61 Å². The Kier molecular flexibility index (Phi) is 2.16. The third kappa shape index (κ3) is 1.48. The molecule has 0 aliphatic carbocycles. The van der Waals surface area contributed by atoms with Gasteiger partial charge in [-0.2, -0.15) is 0 Å². The maximum absolute atomic E-state index is 8.91. The first-order valence-corrected chi connectivity index (χ1v) is 5.60. The predicted molar refractivity (Wildman–Crippen MR) is 60.5 cm³/mol. The van der Waals surface area contributed by atoms with Gasteiger partial charge in [-0.15, -0.1) is 16.4 Å². The van der Waals surface area contributed by atoms with E-state index in [4.69, 9.17) is 5.11 Å². The zero-order valence-corrected chi connectivity index (χ0v) is 9.05. The summed E-state index contributed by atoms with van der Waals surface area (Å²) in [6.07, 6.45) is 1.71.